The van der Waals surface area contributed by atoms with Crippen molar-refractivity contribution in [1.82, 2.24) is 9.55 Å². The van der Waals surface area contributed by atoms with Crippen molar-refractivity contribution in [3.63, 3.8) is 0 Å². The van der Waals surface area contributed by atoms with Gasteiger partial charge in [-0.15, -0.1) is 0 Å². The Morgan fingerprint density at radius 2 is 1.94 bits per heavy atom. The molecule has 164 valence electrons. The number of imidazole rings is 1. The minimum atomic E-state index is -0.748. The molecule has 8 heteroatoms. The normalized spacial score (nSPS) is 20.9. The summed E-state index contributed by atoms with van der Waals surface area (Å²) in [6.07, 6.45) is 6.74. The molecule has 1 saturated heterocycles. The first-order chi connectivity index (χ1) is 15.0. The van der Waals surface area contributed by atoms with Crippen molar-refractivity contribution in [2.45, 2.75) is 37.0 Å². The van der Waals surface area contributed by atoms with Crippen molar-refractivity contribution < 1.29 is 13.9 Å². The van der Waals surface area contributed by atoms with Gasteiger partial charge in [-0.2, -0.15) is 11.8 Å². The average Bonchev–Trinajstić information content (AvgIpc) is 3.41. The van der Waals surface area contributed by atoms with Gasteiger partial charge in [-0.05, 0) is 41.8 Å². The second kappa shape index (κ2) is 10.4. The third-order valence-electron chi connectivity index (χ3n) is 5.22. The maximum absolute atomic E-state index is 13.2. The lowest BCUT2D eigenvalue weighted by Gasteiger charge is -2.28. The lowest BCUT2D eigenvalue weighted by Crippen LogP contribution is -2.37. The number of hydrogen-bond acceptors (Lipinski definition) is 4. The van der Waals surface area contributed by atoms with Crippen molar-refractivity contribution in [2.75, 3.05) is 12.4 Å². The molecular formula is C23H23Cl2FN2O2S. The van der Waals surface area contributed by atoms with Crippen LogP contribution in [-0.2, 0) is 28.2 Å². The van der Waals surface area contributed by atoms with E-state index in [1.807, 2.05) is 29.0 Å². The average molecular weight is 481 g/mol. The van der Waals surface area contributed by atoms with E-state index >= 15 is 0 Å². The number of aryl methyl sites for hydroxylation is 1. The number of benzene rings is 2. The molecule has 2 aromatic carbocycles. The van der Waals surface area contributed by atoms with Crippen molar-refractivity contribution in [1.29, 1.82) is 0 Å². The Hall–Kier alpha value is -1.57. The van der Waals surface area contributed by atoms with Gasteiger partial charge in [-0.1, -0.05) is 41.4 Å². The number of rotatable bonds is 9. The summed E-state index contributed by atoms with van der Waals surface area (Å²) in [6, 6.07) is 12.1. The van der Waals surface area contributed by atoms with Gasteiger partial charge >= 0.3 is 0 Å². The molecule has 0 spiro atoms. The number of nitrogens with zero attached hydrogens (tertiary/aromatic N) is 2. The molecule has 0 N–H and O–H groups in total. The monoisotopic (exact) mass is 480 g/mol. The summed E-state index contributed by atoms with van der Waals surface area (Å²) in [6.45, 7) is 1.06. The van der Waals surface area contributed by atoms with Crippen LogP contribution in [0.3, 0.4) is 0 Å². The standard InChI is InChI=1S/C23H23Cl2FN2O2S/c24-21-2-1-3-22(25)20(21)14-31-13-19-12-29-23(30-19,15-28-11-10-27-16-28)9-8-17-4-6-18(26)7-5-17/h1-7,10-11,16,19H,8-9,12-15H2. The molecule has 0 radical (unpaired) electrons. The summed E-state index contributed by atoms with van der Waals surface area (Å²) in [5.74, 6) is 0.496. The van der Waals surface area contributed by atoms with Gasteiger partial charge in [0.05, 0.1) is 25.6 Å². The zero-order chi connectivity index (χ0) is 21.7. The van der Waals surface area contributed by atoms with Crippen LogP contribution in [0.5, 0.6) is 0 Å². The number of aromatic nitrogens is 2. The molecule has 2 atom stereocenters. The van der Waals surface area contributed by atoms with Gasteiger partial charge in [0, 0.05) is 40.4 Å². The smallest absolute Gasteiger partial charge is 0.187 e. The lowest BCUT2D eigenvalue weighted by atomic mass is 10.0. The minimum Gasteiger partial charge on any atom is -0.345 e. The predicted molar refractivity (Wildman–Crippen MR) is 123 cm³/mol. The highest BCUT2D eigenvalue weighted by Gasteiger charge is 2.41. The van der Waals surface area contributed by atoms with Crippen LogP contribution >= 0.6 is 35.0 Å². The molecule has 0 aliphatic carbocycles. The molecular weight excluding hydrogens is 458 g/mol. The summed E-state index contributed by atoms with van der Waals surface area (Å²) < 4.78 is 27.8. The molecule has 1 aromatic heterocycles. The zero-order valence-electron chi connectivity index (χ0n) is 16.8. The molecule has 2 heterocycles. The molecule has 4 nitrogen and oxygen atoms in total. The van der Waals surface area contributed by atoms with E-state index in [2.05, 4.69) is 4.98 Å². The minimum absolute atomic E-state index is 0.0389. The van der Waals surface area contributed by atoms with Crippen molar-refractivity contribution in [3.8, 4) is 0 Å². The van der Waals surface area contributed by atoms with E-state index in [1.54, 1.807) is 36.4 Å². The Labute approximate surface area is 195 Å². The number of thioether (sulfide) groups is 1. The summed E-state index contributed by atoms with van der Waals surface area (Å²) >= 11 is 14.3. The fraction of sp³-hybridized carbons (Fsp3) is 0.348. The Morgan fingerprint density at radius 3 is 2.65 bits per heavy atom. The summed E-state index contributed by atoms with van der Waals surface area (Å²) in [5, 5.41) is 1.36. The lowest BCUT2D eigenvalue weighted by molar-refractivity contribution is -0.180. The van der Waals surface area contributed by atoms with Crippen LogP contribution in [0, 0.1) is 5.82 Å². The van der Waals surface area contributed by atoms with Crippen LogP contribution in [-0.4, -0.2) is 33.8 Å². The van der Waals surface area contributed by atoms with Crippen LogP contribution in [0.15, 0.2) is 61.2 Å². The first-order valence-corrected chi connectivity index (χ1v) is 12.0. The zero-order valence-corrected chi connectivity index (χ0v) is 19.2. The first-order valence-electron chi connectivity index (χ1n) is 10.1. The van der Waals surface area contributed by atoms with Crippen molar-refractivity contribution >= 4 is 35.0 Å². The highest BCUT2D eigenvalue weighted by atomic mass is 35.5. The first kappa shape index (κ1) is 22.6. The van der Waals surface area contributed by atoms with Crippen LogP contribution in [0.4, 0.5) is 4.39 Å². The van der Waals surface area contributed by atoms with Crippen LogP contribution in [0.1, 0.15) is 17.5 Å². The number of ether oxygens (including phenoxy) is 2. The fourth-order valence-electron chi connectivity index (χ4n) is 3.60. The molecule has 1 aliphatic heterocycles. The quantitative estimate of drug-likeness (QED) is 0.375. The van der Waals surface area contributed by atoms with Gasteiger partial charge in [0.2, 0.25) is 0 Å². The largest absolute Gasteiger partial charge is 0.345 e. The molecule has 1 aliphatic rings. The van der Waals surface area contributed by atoms with E-state index in [-0.39, 0.29) is 11.9 Å². The van der Waals surface area contributed by atoms with Gasteiger partial charge in [-0.25, -0.2) is 9.37 Å². The Balaban J connectivity index is 1.37. The van der Waals surface area contributed by atoms with Gasteiger partial charge < -0.3 is 14.0 Å². The predicted octanol–water partition coefficient (Wildman–Crippen LogP) is 6.01. The summed E-state index contributed by atoms with van der Waals surface area (Å²) in [5.41, 5.74) is 1.99. The maximum Gasteiger partial charge on any atom is 0.187 e. The summed E-state index contributed by atoms with van der Waals surface area (Å²) in [4.78, 5) is 4.12. The molecule has 2 unspecified atom stereocenters. The third kappa shape index (κ3) is 6.02. The van der Waals surface area contributed by atoms with Gasteiger partial charge in [-0.3, -0.25) is 0 Å². The highest BCUT2D eigenvalue weighted by Crippen LogP contribution is 2.34. The number of hydrogen-bond donors (Lipinski definition) is 0. The van der Waals surface area contributed by atoms with E-state index in [0.717, 1.165) is 23.3 Å². The van der Waals surface area contributed by atoms with Crippen molar-refractivity contribution in [3.05, 3.63) is 88.2 Å². The van der Waals surface area contributed by atoms with E-state index in [1.165, 1.54) is 12.1 Å². The molecule has 0 bridgehead atoms. The van der Waals surface area contributed by atoms with Gasteiger partial charge in [0.15, 0.2) is 5.79 Å². The van der Waals surface area contributed by atoms with E-state index < -0.39 is 5.79 Å². The topological polar surface area (TPSA) is 36.3 Å². The molecule has 0 amide bonds. The van der Waals surface area contributed by atoms with E-state index in [4.69, 9.17) is 32.7 Å². The second-order valence-electron chi connectivity index (χ2n) is 7.54. The Bertz CT molecular complexity index is 968. The van der Waals surface area contributed by atoms with Crippen molar-refractivity contribution in [2.24, 2.45) is 0 Å². The van der Waals surface area contributed by atoms with Gasteiger partial charge in [0.25, 0.3) is 0 Å². The Morgan fingerprint density at radius 1 is 1.16 bits per heavy atom. The fourth-order valence-corrected chi connectivity index (χ4v) is 5.35. The maximum atomic E-state index is 13.2. The molecule has 3 aromatic rings. The van der Waals surface area contributed by atoms with Crippen LogP contribution in [0.2, 0.25) is 10.0 Å². The second-order valence-corrected chi connectivity index (χ2v) is 9.38. The van der Waals surface area contributed by atoms with E-state index in [0.29, 0.717) is 35.4 Å². The number of halogens is 3. The Kier molecular flexibility index (Phi) is 7.56. The third-order valence-corrected chi connectivity index (χ3v) is 7.02. The van der Waals surface area contributed by atoms with E-state index in [9.17, 15) is 4.39 Å². The van der Waals surface area contributed by atoms with Crippen LogP contribution < -0.4 is 0 Å². The van der Waals surface area contributed by atoms with Gasteiger partial charge in [0.1, 0.15) is 5.82 Å². The highest BCUT2D eigenvalue weighted by molar-refractivity contribution is 7.98. The van der Waals surface area contributed by atoms with Crippen LogP contribution in [0.25, 0.3) is 0 Å². The molecule has 31 heavy (non-hydrogen) atoms. The SMILES string of the molecule is Fc1ccc(CCC2(Cn3ccnc3)OCC(CSCc3c(Cl)cccc3Cl)O2)cc1. The summed E-state index contributed by atoms with van der Waals surface area (Å²) in [7, 11) is 0. The molecule has 4 rings (SSSR count). The molecule has 0 saturated carbocycles. The molecule has 1 fully saturated rings.